The van der Waals surface area contributed by atoms with Crippen LogP contribution in [0.5, 0.6) is 0 Å². The minimum absolute atomic E-state index is 0.150. The van der Waals surface area contributed by atoms with Crippen LogP contribution >= 0.6 is 35.0 Å². The Balaban J connectivity index is 1.60. The summed E-state index contributed by atoms with van der Waals surface area (Å²) in [5, 5.41) is 13.6. The first kappa shape index (κ1) is 22.4. The molecule has 0 fully saturated rings. The predicted molar refractivity (Wildman–Crippen MR) is 132 cm³/mol. The molecule has 0 aliphatic heterocycles. The molecule has 0 aliphatic carbocycles. The van der Waals surface area contributed by atoms with E-state index in [0.717, 1.165) is 22.4 Å². The maximum Gasteiger partial charge on any atom is 0.234 e. The third-order valence-electron chi connectivity index (χ3n) is 4.90. The molecule has 0 aliphatic rings. The summed E-state index contributed by atoms with van der Waals surface area (Å²) >= 11 is 13.5. The van der Waals surface area contributed by atoms with Crippen molar-refractivity contribution in [3.8, 4) is 17.1 Å². The van der Waals surface area contributed by atoms with Gasteiger partial charge in [0.1, 0.15) is 0 Å². The number of anilines is 1. The Bertz CT molecular complexity index is 1250. The van der Waals surface area contributed by atoms with E-state index in [4.69, 9.17) is 23.2 Å². The predicted octanol–water partition coefficient (Wildman–Crippen LogP) is 6.59. The molecule has 1 amide bonds. The second-order valence-electron chi connectivity index (χ2n) is 7.23. The third kappa shape index (κ3) is 4.99. The lowest BCUT2D eigenvalue weighted by Crippen LogP contribution is -2.15. The highest BCUT2D eigenvalue weighted by Gasteiger charge is 2.18. The second kappa shape index (κ2) is 9.77. The van der Waals surface area contributed by atoms with Gasteiger partial charge in [0.05, 0.1) is 5.75 Å². The van der Waals surface area contributed by atoms with Gasteiger partial charge in [-0.3, -0.25) is 9.36 Å². The summed E-state index contributed by atoms with van der Waals surface area (Å²) in [6.45, 7) is 3.91. The molecule has 0 saturated heterocycles. The van der Waals surface area contributed by atoms with Gasteiger partial charge in [-0.15, -0.1) is 10.2 Å². The van der Waals surface area contributed by atoms with Crippen LogP contribution in [0.3, 0.4) is 0 Å². The molecular weight excluding hydrogens is 463 g/mol. The highest BCUT2D eigenvalue weighted by molar-refractivity contribution is 7.99. The van der Waals surface area contributed by atoms with Gasteiger partial charge in [-0.25, -0.2) is 0 Å². The van der Waals surface area contributed by atoms with Crippen LogP contribution in [0.4, 0.5) is 5.69 Å². The summed E-state index contributed by atoms with van der Waals surface area (Å²) in [7, 11) is 0. The lowest BCUT2D eigenvalue weighted by molar-refractivity contribution is -0.113. The number of nitrogens with one attached hydrogen (secondary N) is 1. The van der Waals surface area contributed by atoms with E-state index in [1.165, 1.54) is 11.8 Å². The Kier molecular flexibility index (Phi) is 6.84. The average molecular weight is 483 g/mol. The van der Waals surface area contributed by atoms with Crippen molar-refractivity contribution in [1.82, 2.24) is 14.8 Å². The number of halogens is 2. The minimum Gasteiger partial charge on any atom is -0.325 e. The second-order valence-corrected chi connectivity index (χ2v) is 9.02. The highest BCUT2D eigenvalue weighted by atomic mass is 35.5. The maximum atomic E-state index is 12.6. The largest absolute Gasteiger partial charge is 0.325 e. The van der Waals surface area contributed by atoms with Crippen molar-refractivity contribution in [2.45, 2.75) is 19.0 Å². The van der Waals surface area contributed by atoms with Crippen LogP contribution in [-0.4, -0.2) is 26.4 Å². The van der Waals surface area contributed by atoms with Crippen molar-refractivity contribution in [1.29, 1.82) is 0 Å². The number of hydrogen-bond acceptors (Lipinski definition) is 4. The summed E-state index contributed by atoms with van der Waals surface area (Å²) in [6, 6.07) is 21.0. The highest BCUT2D eigenvalue weighted by Crippen LogP contribution is 2.29. The van der Waals surface area contributed by atoms with Crippen molar-refractivity contribution < 1.29 is 4.79 Å². The molecule has 0 radical (unpaired) electrons. The first-order chi connectivity index (χ1) is 15.4. The van der Waals surface area contributed by atoms with Crippen molar-refractivity contribution in [2.75, 3.05) is 11.1 Å². The first-order valence-electron chi connectivity index (χ1n) is 9.88. The maximum absolute atomic E-state index is 12.6. The van der Waals surface area contributed by atoms with Crippen LogP contribution in [0, 0.1) is 13.8 Å². The zero-order chi connectivity index (χ0) is 22.7. The van der Waals surface area contributed by atoms with Gasteiger partial charge in [0.2, 0.25) is 5.91 Å². The van der Waals surface area contributed by atoms with E-state index in [1.54, 1.807) is 6.07 Å². The molecule has 162 valence electrons. The molecule has 4 rings (SSSR count). The third-order valence-corrected chi connectivity index (χ3v) is 6.49. The van der Waals surface area contributed by atoms with Gasteiger partial charge in [0, 0.05) is 27.0 Å². The SMILES string of the molecule is Cc1ccc(-c2nnc(SCC(=O)Nc3cccc(Cl)c3C)n2-c2ccc(Cl)cc2)cc1. The average Bonchev–Trinajstić information content (AvgIpc) is 3.20. The fourth-order valence-electron chi connectivity index (χ4n) is 3.14. The number of hydrogen-bond donors (Lipinski definition) is 1. The molecular formula is C24H20Cl2N4OS. The minimum atomic E-state index is -0.150. The van der Waals surface area contributed by atoms with Crippen molar-refractivity contribution in [3.63, 3.8) is 0 Å². The number of carbonyl (C=O) groups is 1. The summed E-state index contributed by atoms with van der Waals surface area (Å²) in [4.78, 5) is 12.6. The lowest BCUT2D eigenvalue weighted by Gasteiger charge is -2.12. The Morgan fingerprint density at radius 2 is 1.69 bits per heavy atom. The molecule has 0 unspecified atom stereocenters. The quantitative estimate of drug-likeness (QED) is 0.315. The van der Waals surface area contributed by atoms with E-state index in [2.05, 4.69) is 15.5 Å². The molecule has 32 heavy (non-hydrogen) atoms. The van der Waals surface area contributed by atoms with Gasteiger partial charge in [0.25, 0.3) is 0 Å². The molecule has 4 aromatic rings. The normalized spacial score (nSPS) is 10.9. The lowest BCUT2D eigenvalue weighted by atomic mass is 10.1. The molecule has 1 heterocycles. The molecule has 0 bridgehead atoms. The van der Waals surface area contributed by atoms with Gasteiger partial charge < -0.3 is 5.32 Å². The van der Waals surface area contributed by atoms with Gasteiger partial charge >= 0.3 is 0 Å². The van der Waals surface area contributed by atoms with Crippen molar-refractivity contribution in [2.24, 2.45) is 0 Å². The van der Waals surface area contributed by atoms with Crippen LogP contribution in [0.15, 0.2) is 71.9 Å². The van der Waals surface area contributed by atoms with Gasteiger partial charge in [-0.05, 0) is 55.8 Å². The summed E-state index contributed by atoms with van der Waals surface area (Å²) in [6.07, 6.45) is 0. The number of aromatic nitrogens is 3. The Labute approximate surface area is 200 Å². The number of nitrogens with zero attached hydrogens (tertiary/aromatic N) is 3. The molecule has 1 N–H and O–H groups in total. The summed E-state index contributed by atoms with van der Waals surface area (Å²) in [5.41, 5.74) is 4.49. The fraction of sp³-hybridized carbons (Fsp3) is 0.125. The Hall–Kier alpha value is -2.80. The molecule has 0 spiro atoms. The number of amides is 1. The van der Waals surface area contributed by atoms with Crippen LogP contribution in [-0.2, 0) is 4.79 Å². The van der Waals surface area contributed by atoms with Crippen molar-refractivity contribution in [3.05, 3.63) is 87.9 Å². The monoisotopic (exact) mass is 482 g/mol. The van der Waals surface area contributed by atoms with Crippen LogP contribution in [0.2, 0.25) is 10.0 Å². The van der Waals surface area contributed by atoms with Crippen LogP contribution < -0.4 is 5.32 Å². The van der Waals surface area contributed by atoms with Crippen molar-refractivity contribution >= 4 is 46.6 Å². The van der Waals surface area contributed by atoms with E-state index in [9.17, 15) is 4.79 Å². The van der Waals surface area contributed by atoms with E-state index in [1.807, 2.05) is 79.1 Å². The van der Waals surface area contributed by atoms with E-state index < -0.39 is 0 Å². The number of benzene rings is 3. The van der Waals surface area contributed by atoms with Gasteiger partial charge in [-0.1, -0.05) is 70.9 Å². The zero-order valence-corrected chi connectivity index (χ0v) is 19.8. The molecule has 0 saturated carbocycles. The van der Waals surface area contributed by atoms with E-state index in [-0.39, 0.29) is 11.7 Å². The van der Waals surface area contributed by atoms with Gasteiger partial charge in [-0.2, -0.15) is 0 Å². The molecule has 8 heteroatoms. The molecule has 3 aromatic carbocycles. The Morgan fingerprint density at radius 3 is 2.41 bits per heavy atom. The molecule has 5 nitrogen and oxygen atoms in total. The smallest absolute Gasteiger partial charge is 0.234 e. The number of thioether (sulfide) groups is 1. The Morgan fingerprint density at radius 1 is 0.969 bits per heavy atom. The summed E-state index contributed by atoms with van der Waals surface area (Å²) < 4.78 is 1.93. The number of carbonyl (C=O) groups excluding carboxylic acids is 1. The van der Waals surface area contributed by atoms with E-state index in [0.29, 0.717) is 26.7 Å². The van der Waals surface area contributed by atoms with Gasteiger partial charge in [0.15, 0.2) is 11.0 Å². The first-order valence-corrected chi connectivity index (χ1v) is 11.6. The van der Waals surface area contributed by atoms with Crippen LogP contribution in [0.1, 0.15) is 11.1 Å². The van der Waals surface area contributed by atoms with E-state index >= 15 is 0 Å². The number of rotatable bonds is 6. The topological polar surface area (TPSA) is 59.8 Å². The standard InChI is InChI=1S/C24H20Cl2N4OS/c1-15-6-8-17(9-7-15)23-28-29-24(30(23)19-12-10-18(25)11-13-19)32-14-22(31)27-21-5-3-4-20(26)16(21)2/h3-13H,14H2,1-2H3,(H,27,31). The zero-order valence-electron chi connectivity index (χ0n) is 17.5. The summed E-state index contributed by atoms with van der Waals surface area (Å²) in [5.74, 6) is 0.717. The molecule has 1 aromatic heterocycles. The fourth-order valence-corrected chi connectivity index (χ4v) is 4.19. The number of aryl methyl sites for hydroxylation is 1. The van der Waals surface area contributed by atoms with Crippen LogP contribution in [0.25, 0.3) is 17.1 Å². The molecule has 0 atom stereocenters.